The minimum atomic E-state index is -1.39. The van der Waals surface area contributed by atoms with Gasteiger partial charge in [0.1, 0.15) is 55.0 Å². The highest BCUT2D eigenvalue weighted by molar-refractivity contribution is 6.03. The lowest BCUT2D eigenvalue weighted by molar-refractivity contribution is -0.254. The zero-order chi connectivity index (χ0) is 65.9. The van der Waals surface area contributed by atoms with Gasteiger partial charge >= 0.3 is 29.8 Å². The molecule has 18 heteroatoms. The lowest BCUT2D eigenvalue weighted by Crippen LogP contribution is -2.59. The first-order chi connectivity index (χ1) is 45.5. The summed E-state index contributed by atoms with van der Waals surface area (Å²) in [5.74, 6) is 2.40. The van der Waals surface area contributed by atoms with Gasteiger partial charge in [0.2, 0.25) is 11.7 Å². The van der Waals surface area contributed by atoms with Crippen molar-refractivity contribution in [2.75, 3.05) is 11.5 Å². The number of carbonyl (C=O) groups is 6. The molecule has 9 aromatic rings. The molecule has 0 aliphatic carbocycles. The fourth-order valence-electron chi connectivity index (χ4n) is 12.4. The average molecular weight is 1260 g/mol. The summed E-state index contributed by atoms with van der Waals surface area (Å²) >= 11 is 0. The predicted octanol–water partition coefficient (Wildman–Crippen LogP) is 12.5. The van der Waals surface area contributed by atoms with Crippen molar-refractivity contribution >= 4 is 41.4 Å². The van der Waals surface area contributed by atoms with Gasteiger partial charge in [-0.2, -0.15) is 0 Å². The lowest BCUT2D eigenvalue weighted by Gasteiger charge is -2.48. The second-order valence-corrected chi connectivity index (χ2v) is 22.9. The van der Waals surface area contributed by atoms with Crippen LogP contribution in [0.5, 0.6) is 5.75 Å². The number of amides is 1. The number of halogens is 1. The van der Waals surface area contributed by atoms with Crippen LogP contribution in [0.1, 0.15) is 116 Å². The van der Waals surface area contributed by atoms with E-state index >= 15 is 4.79 Å². The number of benzene rings is 8. The van der Waals surface area contributed by atoms with Gasteiger partial charge in [0.25, 0.3) is 0 Å². The highest BCUT2D eigenvalue weighted by Gasteiger charge is 2.53. The normalized spacial score (nSPS) is 18.6. The molecule has 2 saturated heterocycles. The van der Waals surface area contributed by atoms with Crippen LogP contribution in [-0.2, 0) is 69.3 Å². The van der Waals surface area contributed by atoms with E-state index in [9.17, 15) is 28.4 Å². The molecule has 476 valence electrons. The summed E-state index contributed by atoms with van der Waals surface area (Å²) in [5.41, 5.74) is 7.11. The molecule has 3 heterocycles. The molecule has 0 N–H and O–H groups in total. The molecule has 0 spiro atoms. The van der Waals surface area contributed by atoms with Crippen molar-refractivity contribution in [3.63, 3.8) is 0 Å². The first-order valence-corrected chi connectivity index (χ1v) is 30.7. The van der Waals surface area contributed by atoms with Crippen molar-refractivity contribution in [3.05, 3.63) is 275 Å². The first-order valence-electron chi connectivity index (χ1n) is 30.7. The molecule has 1 amide bonds. The summed E-state index contributed by atoms with van der Waals surface area (Å²) in [5, 5.41) is 5.03. The van der Waals surface area contributed by atoms with Crippen LogP contribution in [0, 0.1) is 23.6 Å². The van der Waals surface area contributed by atoms with Gasteiger partial charge in [-0.15, -0.1) is 5.10 Å². The second kappa shape index (κ2) is 29.1. The van der Waals surface area contributed by atoms with E-state index in [0.29, 0.717) is 50.6 Å². The van der Waals surface area contributed by atoms with Crippen LogP contribution in [0.15, 0.2) is 219 Å². The van der Waals surface area contributed by atoms with Crippen molar-refractivity contribution in [2.24, 2.45) is 5.92 Å². The third-order valence-electron chi connectivity index (χ3n) is 16.5. The smallest absolute Gasteiger partial charge is 0.303 e. The monoisotopic (exact) mass is 1260 g/mol. The molecule has 2 fully saturated rings. The van der Waals surface area contributed by atoms with Crippen molar-refractivity contribution in [1.29, 1.82) is 0 Å². The van der Waals surface area contributed by atoms with E-state index in [1.165, 1.54) is 32.9 Å². The quantitative estimate of drug-likeness (QED) is 0.0216. The number of rotatable bonds is 21. The summed E-state index contributed by atoms with van der Waals surface area (Å²) in [6.45, 7) is 5.75. The number of anilines is 1. The number of aromatic nitrogens is 3. The Morgan fingerprint density at radius 1 is 0.606 bits per heavy atom. The molecule has 11 rings (SSSR count). The van der Waals surface area contributed by atoms with Crippen LogP contribution in [0.2, 0.25) is 0 Å². The molecule has 0 unspecified atom stereocenters. The summed E-state index contributed by atoms with van der Waals surface area (Å²) < 4.78 is 57.9. The SMILES string of the molecule is CC(=O)OC[C@H]1O[C@@H](c2cccc(-c3ccc([C@@H]4[C@@H](CC[C@H](OC(C)=O)c5ccc(F)cc5)C(=O)N4c4ccc(C#Cc5ncn(C(c6ccccc6)(c6ccccc6)c6ccccc6)n5)cc4)c(OCc4ccccc4)c3)c2)[C@H](OC(C)=O)[C@@H](OC(C)=O)[C@@H]1OC(C)=O. The lowest BCUT2D eigenvalue weighted by atomic mass is 9.77. The minimum Gasteiger partial charge on any atom is -0.489 e. The van der Waals surface area contributed by atoms with E-state index in [-0.39, 0.29) is 25.4 Å². The molecule has 0 radical (unpaired) electrons. The standard InChI is InChI=1S/C76H67FN4O13/c1-48(82)88-46-68-72(91-50(3)84)74(93-52(5)86)73(92-51(4)85)71(94-68)58-22-18-21-56(43-58)57-34-39-64(67(44-57)89-45-54-19-10-6-11-20-54)70-65(40-41-66(90-49(2)83)55-32-35-62(77)36-33-55)75(87)81(70)63-37-29-53(30-38-63)31-42-69-78-47-80(79-69)76(59-23-12-7-13-24-59,60-25-14-8-15-26-60)61-27-16-9-17-28-61/h6-30,32-39,43-44,47,65-66,68,70-74H,40-41,45-46H2,1-5H3/t65-,66+,68-,70-,71+,72-,73+,74+/m1/s1. The van der Waals surface area contributed by atoms with Crippen LogP contribution >= 0.6 is 0 Å². The maximum absolute atomic E-state index is 15.0. The van der Waals surface area contributed by atoms with Crippen LogP contribution < -0.4 is 9.64 Å². The van der Waals surface area contributed by atoms with Gasteiger partial charge in [-0.05, 0) is 112 Å². The molecule has 2 aliphatic heterocycles. The molecule has 8 aromatic carbocycles. The van der Waals surface area contributed by atoms with Crippen molar-refractivity contribution in [1.82, 2.24) is 14.8 Å². The largest absolute Gasteiger partial charge is 0.489 e. The Balaban J connectivity index is 0.959. The average Bonchev–Trinajstić information content (AvgIpc) is 1.59. The third kappa shape index (κ3) is 14.5. The van der Waals surface area contributed by atoms with Gasteiger partial charge in [-0.3, -0.25) is 28.8 Å². The Morgan fingerprint density at radius 2 is 1.19 bits per heavy atom. The van der Waals surface area contributed by atoms with Crippen molar-refractivity contribution in [3.8, 4) is 28.7 Å². The summed E-state index contributed by atoms with van der Waals surface area (Å²) in [4.78, 5) is 84.3. The summed E-state index contributed by atoms with van der Waals surface area (Å²) in [7, 11) is 0. The molecule has 0 bridgehead atoms. The fourth-order valence-corrected chi connectivity index (χ4v) is 12.4. The summed E-state index contributed by atoms with van der Waals surface area (Å²) in [6, 6.07) is 65.3. The predicted molar refractivity (Wildman–Crippen MR) is 344 cm³/mol. The Morgan fingerprint density at radius 3 is 1.79 bits per heavy atom. The van der Waals surface area contributed by atoms with Gasteiger partial charge in [0.05, 0.1) is 12.0 Å². The molecular weight excluding hydrogens is 1200 g/mol. The number of ether oxygens (including phenoxy) is 7. The topological polar surface area (TPSA) is 201 Å². The number of hydrogen-bond donors (Lipinski definition) is 0. The Kier molecular flexibility index (Phi) is 19.9. The Bertz CT molecular complexity index is 4140. The van der Waals surface area contributed by atoms with Crippen molar-refractivity contribution in [2.45, 2.75) is 102 Å². The Hall–Kier alpha value is -11.0. The van der Waals surface area contributed by atoms with Gasteiger partial charge in [-0.25, -0.2) is 14.1 Å². The van der Waals surface area contributed by atoms with Crippen molar-refractivity contribution < 1.29 is 66.3 Å². The molecule has 17 nitrogen and oxygen atoms in total. The molecular formula is C76H67FN4O13. The first kappa shape index (κ1) is 64.5. The van der Waals surface area contributed by atoms with Gasteiger partial charge in [0.15, 0.2) is 18.3 Å². The fraction of sp³-hybridized carbons (Fsp3) is 0.237. The Labute approximate surface area is 543 Å². The molecule has 94 heavy (non-hydrogen) atoms. The summed E-state index contributed by atoms with van der Waals surface area (Å²) in [6.07, 6.45) is -5.05. The van der Waals surface area contributed by atoms with E-state index in [0.717, 1.165) is 36.1 Å². The zero-order valence-corrected chi connectivity index (χ0v) is 52.2. The highest BCUT2D eigenvalue weighted by atomic mass is 19.1. The number of hydrogen-bond acceptors (Lipinski definition) is 15. The van der Waals surface area contributed by atoms with Gasteiger partial charge in [-0.1, -0.05) is 170 Å². The number of nitrogens with zero attached hydrogens (tertiary/aromatic N) is 4. The van der Waals surface area contributed by atoms with E-state index < -0.39 is 96.4 Å². The van der Waals surface area contributed by atoms with Crippen LogP contribution in [0.3, 0.4) is 0 Å². The highest BCUT2D eigenvalue weighted by Crippen LogP contribution is 2.50. The third-order valence-corrected chi connectivity index (χ3v) is 16.5. The van der Waals surface area contributed by atoms with E-state index in [4.69, 9.17) is 43.2 Å². The minimum absolute atomic E-state index is 0.138. The molecule has 2 aliphatic rings. The number of esters is 5. The van der Waals surface area contributed by atoms with Gasteiger partial charge in [0, 0.05) is 51.4 Å². The molecule has 8 atom stereocenters. The number of carbonyl (C=O) groups excluding carboxylic acids is 6. The second-order valence-electron chi connectivity index (χ2n) is 22.9. The zero-order valence-electron chi connectivity index (χ0n) is 52.2. The van der Waals surface area contributed by atoms with E-state index in [1.807, 2.05) is 144 Å². The molecule has 1 aromatic heterocycles. The molecule has 0 saturated carbocycles. The van der Waals surface area contributed by atoms with Crippen LogP contribution in [-0.4, -0.2) is 81.5 Å². The maximum Gasteiger partial charge on any atom is 0.303 e. The van der Waals surface area contributed by atoms with Crippen LogP contribution in [0.4, 0.5) is 10.1 Å². The maximum atomic E-state index is 15.0. The van der Waals surface area contributed by atoms with E-state index in [1.54, 1.807) is 35.5 Å². The number of β-lactam (4-membered cyclic amide) rings is 1. The van der Waals surface area contributed by atoms with E-state index in [2.05, 4.69) is 48.2 Å². The van der Waals surface area contributed by atoms with Crippen LogP contribution in [0.25, 0.3) is 11.1 Å². The van der Waals surface area contributed by atoms with Gasteiger partial charge < -0.3 is 38.1 Å².